The number of hydrogen-bond acceptors (Lipinski definition) is 4. The number of ketones is 1. The normalized spacial score (nSPS) is 23.1. The van der Waals surface area contributed by atoms with E-state index in [1.165, 1.54) is 7.11 Å². The van der Waals surface area contributed by atoms with Gasteiger partial charge in [0.2, 0.25) is 5.78 Å². The molecule has 24 heavy (non-hydrogen) atoms. The summed E-state index contributed by atoms with van der Waals surface area (Å²) in [4.78, 5) is 23.5. The van der Waals surface area contributed by atoms with Gasteiger partial charge in [0.05, 0.1) is 5.92 Å². The molecule has 2 rings (SSSR count). The molecule has 0 aliphatic heterocycles. The first-order valence-electron chi connectivity index (χ1n) is 7.97. The molecule has 0 amide bonds. The first-order chi connectivity index (χ1) is 11.3. The van der Waals surface area contributed by atoms with Crippen LogP contribution in [0.4, 0.5) is 0 Å². The Kier molecular flexibility index (Phi) is 5.40. The smallest absolute Gasteiger partial charge is 0.209 e. The highest BCUT2D eigenvalue weighted by molar-refractivity contribution is 5.93. The monoisotopic (exact) mass is 328 g/mol. The van der Waals surface area contributed by atoms with E-state index in [0.29, 0.717) is 5.75 Å². The van der Waals surface area contributed by atoms with E-state index >= 15 is 0 Å². The van der Waals surface area contributed by atoms with Gasteiger partial charge in [-0.2, -0.15) is 0 Å². The van der Waals surface area contributed by atoms with Gasteiger partial charge in [-0.15, -0.1) is 0 Å². The van der Waals surface area contributed by atoms with Gasteiger partial charge in [-0.3, -0.25) is 4.79 Å². The van der Waals surface area contributed by atoms with Crippen LogP contribution in [0, 0.1) is 5.92 Å². The van der Waals surface area contributed by atoms with Gasteiger partial charge in [0.1, 0.15) is 12.0 Å². The highest BCUT2D eigenvalue weighted by Gasteiger charge is 2.35. The molecule has 1 aromatic rings. The minimum Gasteiger partial charge on any atom is -0.485 e. The maximum absolute atomic E-state index is 12.6. The molecule has 0 aromatic heterocycles. The van der Waals surface area contributed by atoms with Gasteiger partial charge in [-0.25, -0.2) is 0 Å². The van der Waals surface area contributed by atoms with Crippen LogP contribution in [0.25, 0.3) is 0 Å². The largest absolute Gasteiger partial charge is 0.485 e. The summed E-state index contributed by atoms with van der Waals surface area (Å²) in [6.07, 6.45) is 7.38. The number of carbonyl (C=O) groups is 2. The molecule has 0 heterocycles. The van der Waals surface area contributed by atoms with Gasteiger partial charge < -0.3 is 14.3 Å². The van der Waals surface area contributed by atoms with Crippen molar-refractivity contribution in [2.45, 2.75) is 31.8 Å². The molecule has 0 radical (unpaired) electrons. The number of ether oxygens (including phenoxy) is 2. The standard InChI is InChI=1S/C20H24O4/c1-19(2,3)16-7-5-6-8-17(16)24-14-18(22)20(23-4)11-9-15(13-21)10-12-20/h5-13,15H,14H2,1-4H3. The van der Waals surface area contributed by atoms with Crippen molar-refractivity contribution >= 4 is 12.1 Å². The molecule has 1 aliphatic carbocycles. The number of para-hydroxylation sites is 1. The van der Waals surface area contributed by atoms with Gasteiger partial charge in [0, 0.05) is 7.11 Å². The third kappa shape index (κ3) is 3.82. The number of hydrogen-bond donors (Lipinski definition) is 0. The fourth-order valence-corrected chi connectivity index (χ4v) is 2.62. The van der Waals surface area contributed by atoms with Crippen molar-refractivity contribution in [3.05, 3.63) is 54.1 Å². The van der Waals surface area contributed by atoms with E-state index in [4.69, 9.17) is 9.47 Å². The summed E-state index contributed by atoms with van der Waals surface area (Å²) in [7, 11) is 1.47. The number of rotatable bonds is 6. The van der Waals surface area contributed by atoms with E-state index in [-0.39, 0.29) is 23.7 Å². The maximum atomic E-state index is 12.6. The second kappa shape index (κ2) is 7.14. The summed E-state index contributed by atoms with van der Waals surface area (Å²) in [5.41, 5.74) is -0.212. The zero-order valence-electron chi connectivity index (χ0n) is 14.6. The Morgan fingerprint density at radius 2 is 1.83 bits per heavy atom. The Labute approximate surface area is 143 Å². The van der Waals surface area contributed by atoms with Crippen LogP contribution in [-0.2, 0) is 19.7 Å². The van der Waals surface area contributed by atoms with Crippen molar-refractivity contribution < 1.29 is 19.1 Å². The van der Waals surface area contributed by atoms with E-state index in [2.05, 4.69) is 20.8 Å². The molecule has 128 valence electrons. The average molecular weight is 328 g/mol. The lowest BCUT2D eigenvalue weighted by Gasteiger charge is -2.28. The Morgan fingerprint density at radius 1 is 1.21 bits per heavy atom. The Balaban J connectivity index is 2.14. The zero-order valence-corrected chi connectivity index (χ0v) is 14.6. The number of carbonyl (C=O) groups excluding carboxylic acids is 2. The summed E-state index contributed by atoms with van der Waals surface area (Å²) in [6, 6.07) is 7.71. The predicted octanol–water partition coefficient (Wildman–Crippen LogP) is 3.26. The SMILES string of the molecule is COC1(C(=O)COc2ccccc2C(C)(C)C)C=CC(C=O)C=C1. The Morgan fingerprint density at radius 3 is 2.38 bits per heavy atom. The van der Waals surface area contributed by atoms with Crippen LogP contribution < -0.4 is 4.74 Å². The molecular weight excluding hydrogens is 304 g/mol. The van der Waals surface area contributed by atoms with Gasteiger partial charge in [-0.05, 0) is 29.2 Å². The second-order valence-electron chi connectivity index (χ2n) is 6.89. The highest BCUT2D eigenvalue weighted by Crippen LogP contribution is 2.31. The van der Waals surface area contributed by atoms with E-state index in [1.807, 2.05) is 24.3 Å². The quantitative estimate of drug-likeness (QED) is 0.594. The number of allylic oxidation sites excluding steroid dienone is 2. The highest BCUT2D eigenvalue weighted by atomic mass is 16.5. The number of benzene rings is 1. The van der Waals surface area contributed by atoms with Crippen molar-refractivity contribution in [1.82, 2.24) is 0 Å². The lowest BCUT2D eigenvalue weighted by Crippen LogP contribution is -2.41. The first-order valence-corrected chi connectivity index (χ1v) is 7.97. The van der Waals surface area contributed by atoms with Gasteiger partial charge in [0.15, 0.2) is 12.2 Å². The second-order valence-corrected chi connectivity index (χ2v) is 6.89. The molecule has 4 heteroatoms. The molecule has 0 saturated heterocycles. The lowest BCUT2D eigenvalue weighted by atomic mass is 9.86. The van der Waals surface area contributed by atoms with Crippen LogP contribution in [0.2, 0.25) is 0 Å². The maximum Gasteiger partial charge on any atom is 0.209 e. The molecular formula is C20H24O4. The van der Waals surface area contributed by atoms with E-state index in [9.17, 15) is 9.59 Å². The number of Topliss-reactive ketones (excluding diaryl/α,β-unsaturated/α-hetero) is 1. The van der Waals surface area contributed by atoms with Crippen molar-refractivity contribution in [3.63, 3.8) is 0 Å². The summed E-state index contributed by atoms with van der Waals surface area (Å²) in [5, 5.41) is 0. The molecule has 0 N–H and O–H groups in total. The van der Waals surface area contributed by atoms with Crippen LogP contribution in [0.3, 0.4) is 0 Å². The first kappa shape index (κ1) is 18.1. The number of methoxy groups -OCH3 is 1. The Hall–Kier alpha value is -2.20. The fraction of sp³-hybridized carbons (Fsp3) is 0.400. The molecule has 0 unspecified atom stereocenters. The molecule has 0 atom stereocenters. The van der Waals surface area contributed by atoms with Crippen LogP contribution in [-0.4, -0.2) is 31.4 Å². The number of aldehydes is 1. The summed E-state index contributed by atoms with van der Waals surface area (Å²) in [5.74, 6) is 0.160. The van der Waals surface area contributed by atoms with Crippen LogP contribution in [0.15, 0.2) is 48.6 Å². The minimum absolute atomic E-state index is 0.0829. The van der Waals surface area contributed by atoms with Crippen molar-refractivity contribution in [2.24, 2.45) is 5.92 Å². The third-order valence-electron chi connectivity index (χ3n) is 4.12. The van der Waals surface area contributed by atoms with Crippen LogP contribution >= 0.6 is 0 Å². The van der Waals surface area contributed by atoms with E-state index < -0.39 is 5.60 Å². The van der Waals surface area contributed by atoms with Crippen molar-refractivity contribution in [2.75, 3.05) is 13.7 Å². The summed E-state index contributed by atoms with van der Waals surface area (Å²) in [6.45, 7) is 6.18. The van der Waals surface area contributed by atoms with Crippen LogP contribution in [0.5, 0.6) is 5.75 Å². The van der Waals surface area contributed by atoms with E-state index in [0.717, 1.165) is 11.8 Å². The van der Waals surface area contributed by atoms with Gasteiger partial charge >= 0.3 is 0 Å². The molecule has 0 bridgehead atoms. The van der Waals surface area contributed by atoms with Crippen molar-refractivity contribution in [3.8, 4) is 5.75 Å². The zero-order chi connectivity index (χ0) is 17.8. The predicted molar refractivity (Wildman–Crippen MR) is 93.2 cm³/mol. The topological polar surface area (TPSA) is 52.6 Å². The molecule has 0 saturated carbocycles. The molecule has 1 aromatic carbocycles. The third-order valence-corrected chi connectivity index (χ3v) is 4.12. The average Bonchev–Trinajstić information content (AvgIpc) is 2.59. The lowest BCUT2D eigenvalue weighted by molar-refractivity contribution is -0.134. The fourth-order valence-electron chi connectivity index (χ4n) is 2.62. The van der Waals surface area contributed by atoms with E-state index in [1.54, 1.807) is 24.3 Å². The molecule has 1 aliphatic rings. The molecule has 4 nitrogen and oxygen atoms in total. The summed E-state index contributed by atoms with van der Waals surface area (Å²) < 4.78 is 11.2. The van der Waals surface area contributed by atoms with Crippen LogP contribution in [0.1, 0.15) is 26.3 Å². The Bertz CT molecular complexity index is 650. The summed E-state index contributed by atoms with van der Waals surface area (Å²) >= 11 is 0. The molecule has 0 fully saturated rings. The van der Waals surface area contributed by atoms with Crippen molar-refractivity contribution in [1.29, 1.82) is 0 Å². The van der Waals surface area contributed by atoms with Gasteiger partial charge in [-0.1, -0.05) is 51.1 Å². The minimum atomic E-state index is -1.17. The van der Waals surface area contributed by atoms with Gasteiger partial charge in [0.25, 0.3) is 0 Å². The molecule has 0 spiro atoms.